The lowest BCUT2D eigenvalue weighted by molar-refractivity contribution is -0.121. The van der Waals surface area contributed by atoms with Crippen LogP contribution in [0.15, 0.2) is 12.3 Å². The predicted molar refractivity (Wildman–Crippen MR) is 86.2 cm³/mol. The first kappa shape index (κ1) is 16.8. The summed E-state index contributed by atoms with van der Waals surface area (Å²) >= 11 is 12.0. The zero-order valence-electron chi connectivity index (χ0n) is 12.6. The lowest BCUT2D eigenvalue weighted by Crippen LogP contribution is -2.26. The maximum Gasteiger partial charge on any atom is 0.221 e. The molecule has 0 unspecified atom stereocenters. The highest BCUT2D eigenvalue weighted by molar-refractivity contribution is 6.41. The Labute approximate surface area is 139 Å². The second-order valence-corrected chi connectivity index (χ2v) is 5.82. The van der Waals surface area contributed by atoms with E-state index in [9.17, 15) is 4.79 Å². The molecule has 120 valence electrons. The van der Waals surface area contributed by atoms with Gasteiger partial charge in [0, 0.05) is 32.3 Å². The number of hydrogen-bond acceptors (Lipinski definition) is 3. The minimum absolute atomic E-state index is 0.00827. The standard InChI is InChI=1S/C14H19Cl2N5O/c1-10-4-8-20(18-10)9-5-12(22)17-6-3-7-21-14(16)13(15)11(2)19-21/h4,8H,3,5-7,9H2,1-2H3,(H,17,22). The summed E-state index contributed by atoms with van der Waals surface area (Å²) in [4.78, 5) is 11.7. The van der Waals surface area contributed by atoms with Crippen LogP contribution in [-0.4, -0.2) is 32.0 Å². The van der Waals surface area contributed by atoms with E-state index in [-0.39, 0.29) is 5.91 Å². The van der Waals surface area contributed by atoms with Gasteiger partial charge in [0.15, 0.2) is 0 Å². The van der Waals surface area contributed by atoms with Crippen LogP contribution in [0.3, 0.4) is 0 Å². The van der Waals surface area contributed by atoms with E-state index in [0.717, 1.165) is 12.1 Å². The van der Waals surface area contributed by atoms with Gasteiger partial charge in [0.2, 0.25) is 5.91 Å². The molecule has 2 heterocycles. The Morgan fingerprint density at radius 3 is 2.64 bits per heavy atom. The molecule has 0 aliphatic carbocycles. The first-order chi connectivity index (χ1) is 10.5. The third-order valence-electron chi connectivity index (χ3n) is 3.21. The second-order valence-electron chi connectivity index (χ2n) is 5.09. The first-order valence-electron chi connectivity index (χ1n) is 7.12. The van der Waals surface area contributed by atoms with E-state index in [4.69, 9.17) is 23.2 Å². The van der Waals surface area contributed by atoms with Crippen molar-refractivity contribution in [2.24, 2.45) is 0 Å². The average molecular weight is 344 g/mol. The van der Waals surface area contributed by atoms with Crippen LogP contribution in [0.25, 0.3) is 0 Å². The number of halogens is 2. The third-order valence-corrected chi connectivity index (χ3v) is 4.14. The molecule has 0 bridgehead atoms. The Morgan fingerprint density at radius 1 is 1.27 bits per heavy atom. The Hall–Kier alpha value is -1.53. The molecule has 22 heavy (non-hydrogen) atoms. The molecule has 0 saturated carbocycles. The predicted octanol–water partition coefficient (Wildman–Crippen LogP) is 2.60. The smallest absolute Gasteiger partial charge is 0.221 e. The van der Waals surface area contributed by atoms with E-state index >= 15 is 0 Å². The van der Waals surface area contributed by atoms with Crippen molar-refractivity contribution >= 4 is 29.1 Å². The van der Waals surface area contributed by atoms with Gasteiger partial charge in [0.1, 0.15) is 10.2 Å². The maximum absolute atomic E-state index is 11.7. The van der Waals surface area contributed by atoms with E-state index in [1.54, 1.807) is 9.36 Å². The molecule has 2 aromatic rings. The molecule has 0 aliphatic heterocycles. The van der Waals surface area contributed by atoms with E-state index in [0.29, 0.717) is 41.9 Å². The molecule has 8 heteroatoms. The van der Waals surface area contributed by atoms with Crippen molar-refractivity contribution in [2.45, 2.75) is 39.8 Å². The molecule has 0 radical (unpaired) electrons. The molecule has 0 fully saturated rings. The molecular weight excluding hydrogens is 325 g/mol. The number of hydrogen-bond donors (Lipinski definition) is 1. The van der Waals surface area contributed by atoms with Gasteiger partial charge in [-0.25, -0.2) is 0 Å². The van der Waals surface area contributed by atoms with Crippen LogP contribution >= 0.6 is 23.2 Å². The summed E-state index contributed by atoms with van der Waals surface area (Å²) in [5.41, 5.74) is 1.66. The quantitative estimate of drug-likeness (QED) is 0.786. The summed E-state index contributed by atoms with van der Waals surface area (Å²) in [6.07, 6.45) is 3.02. The van der Waals surface area contributed by atoms with E-state index in [1.165, 1.54) is 0 Å². The van der Waals surface area contributed by atoms with Gasteiger partial charge in [-0.15, -0.1) is 0 Å². The number of carbonyl (C=O) groups is 1. The fourth-order valence-electron chi connectivity index (χ4n) is 2.03. The van der Waals surface area contributed by atoms with Crippen LogP contribution in [0.2, 0.25) is 10.2 Å². The molecule has 0 atom stereocenters. The second kappa shape index (κ2) is 7.65. The number of aryl methyl sites for hydroxylation is 4. The molecule has 2 rings (SSSR count). The van der Waals surface area contributed by atoms with Gasteiger partial charge in [0.05, 0.1) is 11.4 Å². The Balaban J connectivity index is 1.65. The van der Waals surface area contributed by atoms with Crippen LogP contribution in [0.5, 0.6) is 0 Å². The number of rotatable bonds is 7. The molecule has 0 spiro atoms. The highest BCUT2D eigenvalue weighted by Gasteiger charge is 2.10. The Bertz CT molecular complexity index is 650. The van der Waals surface area contributed by atoms with Gasteiger partial charge >= 0.3 is 0 Å². The summed E-state index contributed by atoms with van der Waals surface area (Å²) in [7, 11) is 0. The summed E-state index contributed by atoms with van der Waals surface area (Å²) in [5, 5.41) is 12.3. The van der Waals surface area contributed by atoms with Gasteiger partial charge in [-0.3, -0.25) is 14.2 Å². The minimum atomic E-state index is 0.00827. The monoisotopic (exact) mass is 343 g/mol. The average Bonchev–Trinajstić information content (AvgIpc) is 3.01. The zero-order valence-corrected chi connectivity index (χ0v) is 14.2. The number of nitrogens with one attached hydrogen (secondary N) is 1. The lowest BCUT2D eigenvalue weighted by atomic mass is 10.3. The van der Waals surface area contributed by atoms with Crippen molar-refractivity contribution in [1.29, 1.82) is 0 Å². The van der Waals surface area contributed by atoms with Gasteiger partial charge < -0.3 is 5.32 Å². The van der Waals surface area contributed by atoms with E-state index in [1.807, 2.05) is 26.1 Å². The molecule has 1 N–H and O–H groups in total. The summed E-state index contributed by atoms with van der Waals surface area (Å²) in [6, 6.07) is 1.92. The van der Waals surface area contributed by atoms with Crippen molar-refractivity contribution < 1.29 is 4.79 Å². The third kappa shape index (κ3) is 4.48. The largest absolute Gasteiger partial charge is 0.356 e. The van der Waals surface area contributed by atoms with Crippen LogP contribution in [0, 0.1) is 13.8 Å². The fraction of sp³-hybridized carbons (Fsp3) is 0.500. The zero-order chi connectivity index (χ0) is 16.1. The maximum atomic E-state index is 11.7. The van der Waals surface area contributed by atoms with Gasteiger partial charge in [-0.1, -0.05) is 23.2 Å². The highest BCUT2D eigenvalue weighted by atomic mass is 35.5. The first-order valence-corrected chi connectivity index (χ1v) is 7.88. The molecule has 2 aromatic heterocycles. The number of carbonyl (C=O) groups excluding carboxylic acids is 1. The molecule has 0 aliphatic rings. The normalized spacial score (nSPS) is 10.9. The highest BCUT2D eigenvalue weighted by Crippen LogP contribution is 2.24. The van der Waals surface area contributed by atoms with Crippen molar-refractivity contribution in [3.8, 4) is 0 Å². The summed E-state index contributed by atoms with van der Waals surface area (Å²) in [6.45, 7) is 5.50. The van der Waals surface area contributed by atoms with Crippen molar-refractivity contribution in [1.82, 2.24) is 24.9 Å². The minimum Gasteiger partial charge on any atom is -0.356 e. The lowest BCUT2D eigenvalue weighted by Gasteiger charge is -2.06. The van der Waals surface area contributed by atoms with Crippen LogP contribution in [0.4, 0.5) is 0 Å². The van der Waals surface area contributed by atoms with E-state index in [2.05, 4.69) is 15.5 Å². The summed E-state index contributed by atoms with van der Waals surface area (Å²) < 4.78 is 3.42. The van der Waals surface area contributed by atoms with Gasteiger partial charge in [-0.2, -0.15) is 10.2 Å². The number of amides is 1. The molecule has 0 aromatic carbocycles. The van der Waals surface area contributed by atoms with Crippen molar-refractivity contribution in [3.63, 3.8) is 0 Å². The number of aromatic nitrogens is 4. The topological polar surface area (TPSA) is 64.7 Å². The van der Waals surface area contributed by atoms with Crippen molar-refractivity contribution in [2.75, 3.05) is 6.54 Å². The van der Waals surface area contributed by atoms with Gasteiger partial charge in [-0.05, 0) is 26.3 Å². The molecule has 6 nitrogen and oxygen atoms in total. The SMILES string of the molecule is Cc1ccn(CCC(=O)NCCCn2nc(C)c(Cl)c2Cl)n1. The molecular formula is C14H19Cl2N5O. The van der Waals surface area contributed by atoms with Crippen LogP contribution < -0.4 is 5.32 Å². The summed E-state index contributed by atoms with van der Waals surface area (Å²) in [5.74, 6) is 0.00827. The molecule has 0 saturated heterocycles. The fourth-order valence-corrected chi connectivity index (χ4v) is 2.42. The van der Waals surface area contributed by atoms with E-state index < -0.39 is 0 Å². The van der Waals surface area contributed by atoms with Gasteiger partial charge in [0.25, 0.3) is 0 Å². The van der Waals surface area contributed by atoms with Crippen LogP contribution in [0.1, 0.15) is 24.2 Å². The molecule has 1 amide bonds. The van der Waals surface area contributed by atoms with Crippen molar-refractivity contribution in [3.05, 3.63) is 33.8 Å². The Kier molecular flexibility index (Phi) is 5.85. The van der Waals surface area contributed by atoms with Crippen LogP contribution in [-0.2, 0) is 17.9 Å². The number of nitrogens with zero attached hydrogens (tertiary/aromatic N) is 4. The Morgan fingerprint density at radius 2 is 2.05 bits per heavy atom.